The maximum atomic E-state index is 4.15. The van der Waals surface area contributed by atoms with Crippen LogP contribution in [0.3, 0.4) is 0 Å². The summed E-state index contributed by atoms with van der Waals surface area (Å²) in [6, 6.07) is 9.84. The predicted octanol–water partition coefficient (Wildman–Crippen LogP) is 0.907. The fraction of sp³-hybridized carbons (Fsp3) is 0. The first-order valence-corrected chi connectivity index (χ1v) is 3.97. The van der Waals surface area contributed by atoms with Crippen molar-refractivity contribution >= 4 is 64.0 Å². The van der Waals surface area contributed by atoms with Gasteiger partial charge in [0.1, 0.15) is 6.33 Å². The fourth-order valence-electron chi connectivity index (χ4n) is 1.000. The standard InChI is InChI=1S/C8H7N3S.K.H/c12-8-10-9-6-11(8)7-4-2-1-3-5-7;;/h1-6H,(H,10,12);;. The van der Waals surface area contributed by atoms with Crippen LogP contribution in [0.15, 0.2) is 41.8 Å². The zero-order chi connectivity index (χ0) is 8.39. The molecule has 0 aliphatic rings. The van der Waals surface area contributed by atoms with Gasteiger partial charge in [0.15, 0.2) is 5.16 Å². The Hall–Kier alpha value is 0.346. The van der Waals surface area contributed by atoms with Crippen LogP contribution in [0.1, 0.15) is 0 Å². The second-order valence-electron chi connectivity index (χ2n) is 2.34. The Kier molecular flexibility index (Phi) is 4.64. The number of thiol groups is 1. The van der Waals surface area contributed by atoms with Crippen LogP contribution < -0.4 is 0 Å². The molecular weight excluding hydrogens is 209 g/mol. The van der Waals surface area contributed by atoms with E-state index in [0.717, 1.165) is 5.69 Å². The predicted molar refractivity (Wildman–Crippen MR) is 55.8 cm³/mol. The maximum absolute atomic E-state index is 4.15. The molecule has 0 aliphatic heterocycles. The molecule has 2 aromatic rings. The molecule has 1 aromatic heterocycles. The van der Waals surface area contributed by atoms with Crippen LogP contribution in [-0.4, -0.2) is 66.1 Å². The molecule has 0 saturated heterocycles. The topological polar surface area (TPSA) is 30.7 Å². The summed E-state index contributed by atoms with van der Waals surface area (Å²) in [5, 5.41) is 8.10. The molecule has 0 saturated carbocycles. The second kappa shape index (κ2) is 5.28. The van der Waals surface area contributed by atoms with Gasteiger partial charge in [-0.05, 0) is 12.1 Å². The van der Waals surface area contributed by atoms with E-state index in [2.05, 4.69) is 22.8 Å². The first-order valence-electron chi connectivity index (χ1n) is 3.52. The third-order valence-electron chi connectivity index (χ3n) is 1.56. The van der Waals surface area contributed by atoms with Crippen LogP contribution in [0.5, 0.6) is 0 Å². The molecule has 2 rings (SSSR count). The van der Waals surface area contributed by atoms with Gasteiger partial charge in [0.2, 0.25) is 0 Å². The van der Waals surface area contributed by atoms with Crippen molar-refractivity contribution < 1.29 is 0 Å². The monoisotopic (exact) mass is 217 g/mol. The minimum atomic E-state index is 0. The average molecular weight is 217 g/mol. The summed E-state index contributed by atoms with van der Waals surface area (Å²) < 4.78 is 1.81. The van der Waals surface area contributed by atoms with Crippen molar-refractivity contribution in [2.75, 3.05) is 0 Å². The van der Waals surface area contributed by atoms with Gasteiger partial charge >= 0.3 is 51.4 Å². The van der Waals surface area contributed by atoms with Crippen molar-refractivity contribution in [3.8, 4) is 5.69 Å². The van der Waals surface area contributed by atoms with E-state index in [4.69, 9.17) is 0 Å². The van der Waals surface area contributed by atoms with E-state index >= 15 is 0 Å². The molecule has 5 heteroatoms. The van der Waals surface area contributed by atoms with Gasteiger partial charge in [0, 0.05) is 5.69 Å². The number of benzene rings is 1. The van der Waals surface area contributed by atoms with Crippen LogP contribution in [-0.2, 0) is 0 Å². The number of aromatic nitrogens is 3. The van der Waals surface area contributed by atoms with E-state index < -0.39 is 0 Å². The molecule has 0 atom stereocenters. The van der Waals surface area contributed by atoms with Gasteiger partial charge in [0.25, 0.3) is 0 Å². The van der Waals surface area contributed by atoms with Crippen molar-refractivity contribution in [1.29, 1.82) is 0 Å². The average Bonchev–Trinajstić information content (AvgIpc) is 2.53. The van der Waals surface area contributed by atoms with Gasteiger partial charge in [-0.25, -0.2) is 0 Å². The quantitative estimate of drug-likeness (QED) is 0.568. The van der Waals surface area contributed by atoms with Crippen LogP contribution in [0.4, 0.5) is 0 Å². The van der Waals surface area contributed by atoms with Gasteiger partial charge in [0.05, 0.1) is 0 Å². The summed E-state index contributed by atoms with van der Waals surface area (Å²) in [6.07, 6.45) is 1.64. The van der Waals surface area contributed by atoms with Gasteiger partial charge in [-0.2, -0.15) is 0 Å². The van der Waals surface area contributed by atoms with E-state index in [1.54, 1.807) is 6.33 Å². The molecule has 1 aromatic carbocycles. The molecule has 13 heavy (non-hydrogen) atoms. The van der Waals surface area contributed by atoms with Crippen molar-refractivity contribution in [2.24, 2.45) is 0 Å². The second-order valence-corrected chi connectivity index (χ2v) is 2.74. The fourth-order valence-corrected chi connectivity index (χ4v) is 1.22. The van der Waals surface area contributed by atoms with Crippen LogP contribution in [0.25, 0.3) is 5.69 Å². The molecule has 0 bridgehead atoms. The molecule has 3 nitrogen and oxygen atoms in total. The Labute approximate surface area is 124 Å². The van der Waals surface area contributed by atoms with Crippen LogP contribution >= 0.6 is 12.6 Å². The van der Waals surface area contributed by atoms with Gasteiger partial charge < -0.3 is 0 Å². The molecular formula is C8H8KN3S. The molecule has 0 spiro atoms. The molecule has 0 N–H and O–H groups in total. The van der Waals surface area contributed by atoms with Crippen LogP contribution in [0, 0.1) is 0 Å². The summed E-state index contributed by atoms with van der Waals surface area (Å²) in [4.78, 5) is 0. The molecule has 0 aliphatic carbocycles. The Balaban J connectivity index is 0.000000845. The van der Waals surface area contributed by atoms with E-state index in [0.29, 0.717) is 5.16 Å². The Morgan fingerprint density at radius 1 is 1.15 bits per heavy atom. The number of hydrogen-bond acceptors (Lipinski definition) is 3. The number of para-hydroxylation sites is 1. The summed E-state index contributed by atoms with van der Waals surface area (Å²) in [6.45, 7) is 0. The van der Waals surface area contributed by atoms with Crippen molar-refractivity contribution in [3.63, 3.8) is 0 Å². The summed E-state index contributed by atoms with van der Waals surface area (Å²) in [5.74, 6) is 0. The van der Waals surface area contributed by atoms with Gasteiger partial charge in [-0.1, -0.05) is 18.2 Å². The van der Waals surface area contributed by atoms with Gasteiger partial charge in [-0.15, -0.1) is 22.8 Å². The molecule has 0 radical (unpaired) electrons. The van der Waals surface area contributed by atoms with E-state index in [1.807, 2.05) is 34.9 Å². The van der Waals surface area contributed by atoms with E-state index in [1.165, 1.54) is 0 Å². The first-order chi connectivity index (χ1) is 5.88. The van der Waals surface area contributed by atoms with Crippen molar-refractivity contribution in [2.45, 2.75) is 5.16 Å². The minimum absolute atomic E-state index is 0. The molecule has 62 valence electrons. The zero-order valence-corrected chi connectivity index (χ0v) is 7.15. The summed E-state index contributed by atoms with van der Waals surface area (Å²) in [7, 11) is 0. The third kappa shape index (κ3) is 2.65. The van der Waals surface area contributed by atoms with Crippen molar-refractivity contribution in [3.05, 3.63) is 36.7 Å². The molecule has 1 heterocycles. The van der Waals surface area contributed by atoms with Gasteiger partial charge in [-0.3, -0.25) is 4.57 Å². The Bertz CT molecular complexity index is 374. The summed E-state index contributed by atoms with van der Waals surface area (Å²) in [5.41, 5.74) is 1.02. The third-order valence-corrected chi connectivity index (χ3v) is 1.87. The van der Waals surface area contributed by atoms with E-state index in [9.17, 15) is 0 Å². The summed E-state index contributed by atoms with van der Waals surface area (Å²) >= 11 is 4.15. The Morgan fingerprint density at radius 3 is 2.38 bits per heavy atom. The van der Waals surface area contributed by atoms with E-state index in [-0.39, 0.29) is 51.4 Å². The van der Waals surface area contributed by atoms with Crippen LogP contribution in [0.2, 0.25) is 0 Å². The number of rotatable bonds is 1. The molecule has 0 fully saturated rings. The number of hydrogen-bond donors (Lipinski definition) is 1. The number of nitrogens with zero attached hydrogens (tertiary/aromatic N) is 3. The normalized spacial score (nSPS) is 9.31. The first kappa shape index (κ1) is 11.4. The Morgan fingerprint density at radius 2 is 1.85 bits per heavy atom. The molecule has 0 unspecified atom stereocenters. The SMILES string of the molecule is Sc1nncn1-c1ccccc1.[KH]. The van der Waals surface area contributed by atoms with Crippen molar-refractivity contribution in [1.82, 2.24) is 14.8 Å². The zero-order valence-electron chi connectivity index (χ0n) is 6.25. The molecule has 0 amide bonds.